The predicted octanol–water partition coefficient (Wildman–Crippen LogP) is 3.83. The molecule has 28 heavy (non-hydrogen) atoms. The summed E-state index contributed by atoms with van der Waals surface area (Å²) in [6.45, 7) is 5.47. The Hall–Kier alpha value is -2.60. The van der Waals surface area contributed by atoms with Crippen molar-refractivity contribution < 1.29 is 9.53 Å². The topological polar surface area (TPSA) is 66.5 Å². The number of ether oxygens (including phenoxy) is 1. The Balaban J connectivity index is 1.63. The van der Waals surface area contributed by atoms with Gasteiger partial charge in [0.25, 0.3) is 5.91 Å². The Bertz CT molecular complexity index is 773. The lowest BCUT2D eigenvalue weighted by Gasteiger charge is -2.32. The van der Waals surface area contributed by atoms with Crippen LogP contribution < -0.4 is 15.4 Å². The van der Waals surface area contributed by atoms with Crippen LogP contribution >= 0.6 is 0 Å². The van der Waals surface area contributed by atoms with Crippen molar-refractivity contribution in [3.05, 3.63) is 48.2 Å². The molecule has 0 bridgehead atoms. The highest BCUT2D eigenvalue weighted by Crippen LogP contribution is 2.27. The third-order valence-electron chi connectivity index (χ3n) is 5.16. The van der Waals surface area contributed by atoms with Gasteiger partial charge in [0.2, 0.25) is 0 Å². The summed E-state index contributed by atoms with van der Waals surface area (Å²) < 4.78 is 5.38. The Morgan fingerprint density at radius 3 is 2.75 bits per heavy atom. The molecule has 2 N–H and O–H groups in total. The standard InChI is InChI=1S/C22H30N4O2/c1-3-4-14-26-15-11-17(12-16-26)24-22(27)18-8-7-13-23-21(18)25-19-9-5-6-10-20(19)28-2/h5-10,13,17H,3-4,11-12,14-16H2,1-2H3,(H,23,25)(H,24,27). The smallest absolute Gasteiger partial charge is 0.255 e. The van der Waals surface area contributed by atoms with Crippen molar-refractivity contribution in [1.82, 2.24) is 15.2 Å². The van der Waals surface area contributed by atoms with E-state index in [1.807, 2.05) is 24.3 Å². The fraction of sp³-hybridized carbons (Fsp3) is 0.455. The molecule has 1 aromatic heterocycles. The summed E-state index contributed by atoms with van der Waals surface area (Å²) in [6.07, 6.45) is 6.13. The van der Waals surface area contributed by atoms with Gasteiger partial charge >= 0.3 is 0 Å². The maximum Gasteiger partial charge on any atom is 0.255 e. The van der Waals surface area contributed by atoms with Crippen LogP contribution in [0.5, 0.6) is 5.75 Å². The van der Waals surface area contributed by atoms with E-state index in [1.165, 1.54) is 12.8 Å². The number of hydrogen-bond acceptors (Lipinski definition) is 5. The fourth-order valence-corrected chi connectivity index (χ4v) is 3.51. The minimum Gasteiger partial charge on any atom is -0.495 e. The van der Waals surface area contributed by atoms with Crippen LogP contribution in [-0.4, -0.2) is 48.6 Å². The highest BCUT2D eigenvalue weighted by Gasteiger charge is 2.22. The van der Waals surface area contributed by atoms with Crippen LogP contribution in [-0.2, 0) is 0 Å². The predicted molar refractivity (Wildman–Crippen MR) is 112 cm³/mol. The molecule has 1 aliphatic rings. The van der Waals surface area contributed by atoms with Crippen LogP contribution in [0.2, 0.25) is 0 Å². The first-order valence-corrected chi connectivity index (χ1v) is 10.1. The number of hydrogen-bond donors (Lipinski definition) is 2. The molecular weight excluding hydrogens is 352 g/mol. The minimum atomic E-state index is -0.0856. The number of pyridine rings is 1. The van der Waals surface area contributed by atoms with Crippen LogP contribution in [0.1, 0.15) is 43.0 Å². The van der Waals surface area contributed by atoms with Crippen molar-refractivity contribution in [3.8, 4) is 5.75 Å². The zero-order valence-electron chi connectivity index (χ0n) is 16.8. The molecule has 150 valence electrons. The lowest BCUT2D eigenvalue weighted by molar-refractivity contribution is 0.0911. The molecule has 1 aliphatic heterocycles. The van der Waals surface area contributed by atoms with Gasteiger partial charge in [-0.3, -0.25) is 4.79 Å². The number of methoxy groups -OCH3 is 1. The molecule has 1 amide bonds. The first-order valence-electron chi connectivity index (χ1n) is 10.1. The number of piperidine rings is 1. The van der Waals surface area contributed by atoms with Gasteiger partial charge in [-0.05, 0) is 50.1 Å². The van der Waals surface area contributed by atoms with Crippen LogP contribution in [0.4, 0.5) is 11.5 Å². The van der Waals surface area contributed by atoms with Gasteiger partial charge < -0.3 is 20.3 Å². The van der Waals surface area contributed by atoms with Crippen LogP contribution in [0.15, 0.2) is 42.6 Å². The second-order valence-electron chi connectivity index (χ2n) is 7.17. The van der Waals surface area contributed by atoms with Crippen molar-refractivity contribution in [3.63, 3.8) is 0 Å². The highest BCUT2D eigenvalue weighted by molar-refractivity contribution is 5.99. The van der Waals surface area contributed by atoms with Gasteiger partial charge in [-0.2, -0.15) is 0 Å². The summed E-state index contributed by atoms with van der Waals surface area (Å²) in [5.74, 6) is 1.15. The molecule has 2 heterocycles. The SMILES string of the molecule is CCCCN1CCC(NC(=O)c2cccnc2Nc2ccccc2OC)CC1. The molecule has 0 saturated carbocycles. The van der Waals surface area contributed by atoms with Gasteiger partial charge in [-0.1, -0.05) is 25.5 Å². The number of benzene rings is 1. The first-order chi connectivity index (χ1) is 13.7. The second-order valence-corrected chi connectivity index (χ2v) is 7.17. The first kappa shape index (κ1) is 20.1. The van der Waals surface area contributed by atoms with Crippen molar-refractivity contribution in [2.24, 2.45) is 0 Å². The van der Waals surface area contributed by atoms with E-state index in [1.54, 1.807) is 25.4 Å². The molecule has 0 unspecified atom stereocenters. The number of para-hydroxylation sites is 2. The van der Waals surface area contributed by atoms with E-state index in [9.17, 15) is 4.79 Å². The quantitative estimate of drug-likeness (QED) is 0.726. The zero-order valence-corrected chi connectivity index (χ0v) is 16.8. The molecule has 2 aromatic rings. The molecule has 1 fully saturated rings. The summed E-state index contributed by atoms with van der Waals surface area (Å²) in [5.41, 5.74) is 1.32. The fourth-order valence-electron chi connectivity index (χ4n) is 3.51. The number of amides is 1. The number of nitrogens with one attached hydrogen (secondary N) is 2. The number of aromatic nitrogens is 1. The molecule has 1 aromatic carbocycles. The van der Waals surface area contributed by atoms with Gasteiger partial charge in [0.05, 0.1) is 18.4 Å². The summed E-state index contributed by atoms with van der Waals surface area (Å²) in [6, 6.07) is 11.4. The average Bonchev–Trinajstić information content (AvgIpc) is 2.74. The number of rotatable bonds is 8. The van der Waals surface area contributed by atoms with Gasteiger partial charge in [0.1, 0.15) is 11.6 Å². The summed E-state index contributed by atoms with van der Waals surface area (Å²) in [5, 5.41) is 6.42. The second kappa shape index (κ2) is 10.1. The minimum absolute atomic E-state index is 0.0856. The highest BCUT2D eigenvalue weighted by atomic mass is 16.5. The largest absolute Gasteiger partial charge is 0.495 e. The summed E-state index contributed by atoms with van der Waals surface area (Å²) in [4.78, 5) is 19.8. The molecule has 6 heteroatoms. The van der Waals surface area contributed by atoms with Crippen molar-refractivity contribution >= 4 is 17.4 Å². The average molecular weight is 383 g/mol. The van der Waals surface area contributed by atoms with Crippen molar-refractivity contribution in [2.75, 3.05) is 32.1 Å². The normalized spacial score (nSPS) is 15.2. The zero-order chi connectivity index (χ0) is 19.8. The molecule has 6 nitrogen and oxygen atoms in total. The Kier molecular flexibility index (Phi) is 7.25. The lowest BCUT2D eigenvalue weighted by Crippen LogP contribution is -2.45. The number of nitrogens with zero attached hydrogens (tertiary/aromatic N) is 2. The van der Waals surface area contributed by atoms with E-state index < -0.39 is 0 Å². The van der Waals surface area contributed by atoms with Gasteiger partial charge in [0, 0.05) is 25.3 Å². The molecule has 3 rings (SSSR count). The van der Waals surface area contributed by atoms with E-state index in [0.717, 1.165) is 38.2 Å². The maximum absolute atomic E-state index is 12.9. The van der Waals surface area contributed by atoms with E-state index in [0.29, 0.717) is 17.1 Å². The van der Waals surface area contributed by atoms with Crippen molar-refractivity contribution in [1.29, 1.82) is 0 Å². The Labute approximate surface area is 167 Å². The van der Waals surface area contributed by atoms with E-state index in [-0.39, 0.29) is 11.9 Å². The van der Waals surface area contributed by atoms with Crippen molar-refractivity contribution in [2.45, 2.75) is 38.6 Å². The molecule has 0 radical (unpaired) electrons. The van der Waals surface area contributed by atoms with Gasteiger partial charge in [0.15, 0.2) is 0 Å². The molecular formula is C22H30N4O2. The van der Waals surface area contributed by atoms with Crippen LogP contribution in [0.3, 0.4) is 0 Å². The third-order valence-corrected chi connectivity index (χ3v) is 5.16. The van der Waals surface area contributed by atoms with E-state index in [2.05, 4.69) is 27.4 Å². The number of likely N-dealkylation sites (tertiary alicyclic amines) is 1. The number of carbonyl (C=O) groups is 1. The molecule has 0 atom stereocenters. The van der Waals surface area contributed by atoms with Crippen LogP contribution in [0.25, 0.3) is 0 Å². The lowest BCUT2D eigenvalue weighted by atomic mass is 10.0. The monoisotopic (exact) mass is 382 g/mol. The van der Waals surface area contributed by atoms with E-state index in [4.69, 9.17) is 4.74 Å². The van der Waals surface area contributed by atoms with Gasteiger partial charge in [-0.25, -0.2) is 4.98 Å². The molecule has 0 aliphatic carbocycles. The molecule has 0 spiro atoms. The number of carbonyl (C=O) groups excluding carboxylic acids is 1. The Morgan fingerprint density at radius 1 is 1.21 bits per heavy atom. The van der Waals surface area contributed by atoms with Crippen LogP contribution in [0, 0.1) is 0 Å². The summed E-state index contributed by atoms with van der Waals surface area (Å²) >= 11 is 0. The maximum atomic E-state index is 12.9. The number of anilines is 2. The van der Waals surface area contributed by atoms with E-state index >= 15 is 0 Å². The summed E-state index contributed by atoms with van der Waals surface area (Å²) in [7, 11) is 1.62. The third kappa shape index (κ3) is 5.23. The Morgan fingerprint density at radius 2 is 2.00 bits per heavy atom. The molecule has 1 saturated heterocycles. The number of unbranched alkanes of at least 4 members (excludes halogenated alkanes) is 1. The van der Waals surface area contributed by atoms with Gasteiger partial charge in [-0.15, -0.1) is 0 Å².